The van der Waals surface area contributed by atoms with Gasteiger partial charge in [0.05, 0.1) is 0 Å². The lowest BCUT2D eigenvalue weighted by atomic mass is 10.2. The van der Waals surface area contributed by atoms with E-state index in [1.54, 1.807) is 11.0 Å². The fourth-order valence-corrected chi connectivity index (χ4v) is 2.54. The molecule has 0 saturated heterocycles. The van der Waals surface area contributed by atoms with Gasteiger partial charge in [-0.05, 0) is 37.7 Å². The van der Waals surface area contributed by atoms with Crippen LogP contribution in [0.1, 0.15) is 40.5 Å². The topological polar surface area (TPSA) is 3.24 Å². The summed E-state index contributed by atoms with van der Waals surface area (Å²) in [6.07, 6.45) is 2.38. The quantitative estimate of drug-likeness (QED) is 0.405. The van der Waals surface area contributed by atoms with Gasteiger partial charge in [0.2, 0.25) is 0 Å². The first-order valence-corrected chi connectivity index (χ1v) is 6.09. The Kier molecular flexibility index (Phi) is 6.58. The van der Waals surface area contributed by atoms with Crippen molar-refractivity contribution in [1.29, 1.82) is 0 Å². The molecule has 11 heavy (non-hydrogen) atoms. The van der Waals surface area contributed by atoms with Crippen LogP contribution in [0.5, 0.6) is 0 Å². The molecule has 0 aromatic heterocycles. The summed E-state index contributed by atoms with van der Waals surface area (Å²) in [5.74, 6) is 0. The molecule has 0 aromatic rings. The monoisotopic (exact) mass is 193 g/mol. The lowest BCUT2D eigenvalue weighted by Crippen LogP contribution is -2.32. The normalized spacial score (nSPS) is 16.9. The highest BCUT2D eigenvalue weighted by Crippen LogP contribution is 2.24. The molecule has 0 aromatic carbocycles. The van der Waals surface area contributed by atoms with Crippen molar-refractivity contribution in [3.63, 3.8) is 0 Å². The van der Waals surface area contributed by atoms with Gasteiger partial charge < -0.3 is 0 Å². The zero-order valence-electron chi connectivity index (χ0n) is 7.87. The third-order valence-corrected chi connectivity index (χ3v) is 3.62. The van der Waals surface area contributed by atoms with Gasteiger partial charge in [0.15, 0.2) is 0 Å². The first-order valence-electron chi connectivity index (χ1n) is 4.27. The Morgan fingerprint density at radius 2 is 1.55 bits per heavy atom. The largest absolute Gasteiger partial charge is 0.236 e. The lowest BCUT2D eigenvalue weighted by molar-refractivity contribution is 0.292. The van der Waals surface area contributed by atoms with E-state index in [9.17, 15) is 0 Å². The van der Waals surface area contributed by atoms with Crippen molar-refractivity contribution < 1.29 is 0 Å². The highest BCUT2D eigenvalue weighted by atomic mass is 33.1. The van der Waals surface area contributed by atoms with Gasteiger partial charge in [-0.2, -0.15) is 0 Å². The van der Waals surface area contributed by atoms with Crippen molar-refractivity contribution >= 4 is 22.6 Å². The van der Waals surface area contributed by atoms with Crippen LogP contribution in [-0.2, 0) is 0 Å². The minimum Gasteiger partial charge on any atom is -0.236 e. The van der Waals surface area contributed by atoms with Gasteiger partial charge in [0, 0.05) is 12.1 Å². The zero-order valence-corrected chi connectivity index (χ0v) is 9.58. The molecule has 2 unspecified atom stereocenters. The first-order chi connectivity index (χ1) is 5.17. The molecule has 0 aliphatic rings. The molecule has 0 fully saturated rings. The van der Waals surface area contributed by atoms with E-state index in [0.29, 0.717) is 12.1 Å². The molecule has 0 heterocycles. The van der Waals surface area contributed by atoms with Crippen LogP contribution in [-0.4, -0.2) is 16.4 Å². The average molecular weight is 193 g/mol. The molecular weight excluding hydrogens is 174 g/mol. The highest BCUT2D eigenvalue weighted by Gasteiger charge is 2.16. The van der Waals surface area contributed by atoms with E-state index in [4.69, 9.17) is 0 Å². The maximum absolute atomic E-state index is 4.24. The van der Waals surface area contributed by atoms with E-state index in [-0.39, 0.29) is 0 Å². The lowest BCUT2D eigenvalue weighted by Gasteiger charge is -2.30. The van der Waals surface area contributed by atoms with Gasteiger partial charge in [0.25, 0.3) is 0 Å². The maximum atomic E-state index is 4.24. The van der Waals surface area contributed by atoms with Gasteiger partial charge >= 0.3 is 0 Å². The second-order valence-corrected chi connectivity index (χ2v) is 4.03. The van der Waals surface area contributed by atoms with Gasteiger partial charge in [0.1, 0.15) is 0 Å². The van der Waals surface area contributed by atoms with Crippen LogP contribution in [0.4, 0.5) is 0 Å². The van der Waals surface area contributed by atoms with Crippen LogP contribution in [0.3, 0.4) is 0 Å². The van der Waals surface area contributed by atoms with Crippen LogP contribution in [0.25, 0.3) is 0 Å². The van der Waals surface area contributed by atoms with Crippen molar-refractivity contribution in [2.24, 2.45) is 0 Å². The number of thiol groups is 1. The Morgan fingerprint density at radius 3 is 1.73 bits per heavy atom. The van der Waals surface area contributed by atoms with Crippen molar-refractivity contribution in [3.05, 3.63) is 0 Å². The fraction of sp³-hybridized carbons (Fsp3) is 1.00. The van der Waals surface area contributed by atoms with Gasteiger partial charge in [-0.3, -0.25) is 0 Å². The Morgan fingerprint density at radius 1 is 1.18 bits per heavy atom. The second-order valence-electron chi connectivity index (χ2n) is 2.96. The molecule has 0 rings (SSSR count). The molecule has 0 saturated carbocycles. The highest BCUT2D eigenvalue weighted by molar-refractivity contribution is 8.67. The van der Waals surface area contributed by atoms with E-state index in [2.05, 4.69) is 43.7 Å². The number of nitrogens with zero attached hydrogens (tertiary/aromatic N) is 1. The smallest absolute Gasteiger partial charge is 0.0182 e. The van der Waals surface area contributed by atoms with E-state index in [0.717, 1.165) is 0 Å². The van der Waals surface area contributed by atoms with Gasteiger partial charge in [-0.25, -0.2) is 4.31 Å². The Bertz CT molecular complexity index is 88.1. The molecule has 0 spiro atoms. The average Bonchev–Trinajstić information content (AvgIpc) is 2.05. The predicted octanol–water partition coefficient (Wildman–Crippen LogP) is 3.38. The second kappa shape index (κ2) is 6.21. The van der Waals surface area contributed by atoms with Crippen molar-refractivity contribution in [3.8, 4) is 0 Å². The van der Waals surface area contributed by atoms with E-state index >= 15 is 0 Å². The predicted molar refractivity (Wildman–Crippen MR) is 57.9 cm³/mol. The van der Waals surface area contributed by atoms with Gasteiger partial charge in [-0.15, -0.1) is 0 Å². The van der Waals surface area contributed by atoms with Crippen LogP contribution >= 0.6 is 22.6 Å². The molecule has 68 valence electrons. The molecule has 3 heteroatoms. The summed E-state index contributed by atoms with van der Waals surface area (Å²) in [4.78, 5) is 0. The molecule has 0 bridgehead atoms. The molecule has 0 amide bonds. The van der Waals surface area contributed by atoms with E-state index < -0.39 is 0 Å². The summed E-state index contributed by atoms with van der Waals surface area (Å²) in [5.41, 5.74) is 0. The zero-order chi connectivity index (χ0) is 8.85. The number of hydrogen-bond donors (Lipinski definition) is 1. The van der Waals surface area contributed by atoms with Crippen LogP contribution in [0, 0.1) is 0 Å². The molecule has 0 aliphatic carbocycles. The molecule has 0 N–H and O–H groups in total. The summed E-state index contributed by atoms with van der Waals surface area (Å²) in [6, 6.07) is 1.26. The number of hydrogen-bond acceptors (Lipinski definition) is 3. The Hall–Kier alpha value is 0.660. The van der Waals surface area contributed by atoms with Crippen LogP contribution < -0.4 is 0 Å². The van der Waals surface area contributed by atoms with Crippen molar-refractivity contribution in [2.45, 2.75) is 52.6 Å². The summed E-state index contributed by atoms with van der Waals surface area (Å²) in [5, 5.41) is 0. The minimum atomic E-state index is 0.632. The minimum absolute atomic E-state index is 0.632. The number of rotatable bonds is 5. The summed E-state index contributed by atoms with van der Waals surface area (Å²) < 4.78 is 2.35. The molecule has 2 atom stereocenters. The van der Waals surface area contributed by atoms with E-state index in [1.807, 2.05) is 0 Å². The molecule has 0 radical (unpaired) electrons. The third kappa shape index (κ3) is 3.72. The van der Waals surface area contributed by atoms with Crippen LogP contribution in [0.15, 0.2) is 0 Å². The first kappa shape index (κ1) is 11.7. The summed E-state index contributed by atoms with van der Waals surface area (Å²) >= 11 is 4.24. The van der Waals surface area contributed by atoms with Crippen LogP contribution in [0.2, 0.25) is 0 Å². The Balaban J connectivity index is 3.92. The van der Waals surface area contributed by atoms with Crippen molar-refractivity contribution in [2.75, 3.05) is 0 Å². The molecule has 0 aliphatic heterocycles. The van der Waals surface area contributed by atoms with Gasteiger partial charge in [-0.1, -0.05) is 25.5 Å². The summed E-state index contributed by atoms with van der Waals surface area (Å²) in [6.45, 7) is 8.92. The standard InChI is InChI=1S/C8H19NS2/c1-5-7(3)9(11-10)8(4)6-2/h7-8,10H,5-6H2,1-4H3. The fourth-order valence-electron chi connectivity index (χ4n) is 0.955. The van der Waals surface area contributed by atoms with Crippen molar-refractivity contribution in [1.82, 2.24) is 4.31 Å². The van der Waals surface area contributed by atoms with E-state index in [1.165, 1.54) is 12.8 Å². The maximum Gasteiger partial charge on any atom is 0.0182 e. The molecule has 1 nitrogen and oxygen atoms in total. The third-order valence-electron chi connectivity index (χ3n) is 2.14. The Labute approximate surface area is 79.9 Å². The molecular formula is C8H19NS2. The SMILES string of the molecule is CCC(C)N(SS)C(C)CC. The summed E-state index contributed by atoms with van der Waals surface area (Å²) in [7, 11) is 1.56.